The average molecular weight is 302 g/mol. The van der Waals surface area contributed by atoms with Crippen molar-refractivity contribution in [3.8, 4) is 0 Å². The number of amides is 1. The lowest BCUT2D eigenvalue weighted by Gasteiger charge is -2.04. The van der Waals surface area contributed by atoms with Crippen LogP contribution in [-0.4, -0.2) is 28.5 Å². The summed E-state index contributed by atoms with van der Waals surface area (Å²) in [6.07, 6.45) is 4.56. The first-order valence-corrected chi connectivity index (χ1v) is 7.61. The predicted octanol–water partition coefficient (Wildman–Crippen LogP) is 2.78. The molecule has 1 aromatic heterocycles. The number of carbonyl (C=O) groups is 2. The molecule has 3 N–H and O–H groups in total. The highest BCUT2D eigenvalue weighted by molar-refractivity contribution is 5.84. The highest BCUT2D eigenvalue weighted by Crippen LogP contribution is 2.20. The van der Waals surface area contributed by atoms with Crippen molar-refractivity contribution < 1.29 is 14.7 Å². The number of rotatable bonds is 8. The maximum Gasteiger partial charge on any atom is 0.303 e. The molecule has 0 aliphatic carbocycles. The van der Waals surface area contributed by atoms with E-state index < -0.39 is 5.97 Å². The van der Waals surface area contributed by atoms with Crippen molar-refractivity contribution in [1.29, 1.82) is 0 Å². The maximum atomic E-state index is 11.8. The number of aromatic amines is 1. The van der Waals surface area contributed by atoms with Gasteiger partial charge >= 0.3 is 5.97 Å². The first kappa shape index (κ1) is 16.1. The van der Waals surface area contributed by atoms with Gasteiger partial charge in [0.15, 0.2) is 0 Å². The number of aliphatic carboxylic acids is 1. The van der Waals surface area contributed by atoms with Crippen LogP contribution in [0.3, 0.4) is 0 Å². The molecule has 0 fully saturated rings. The molecule has 0 bridgehead atoms. The van der Waals surface area contributed by atoms with Gasteiger partial charge in [0.05, 0.1) is 0 Å². The Morgan fingerprint density at radius 3 is 2.82 bits per heavy atom. The second-order valence-corrected chi connectivity index (χ2v) is 5.56. The molecule has 0 radical (unpaired) electrons. The molecule has 1 aromatic carbocycles. The minimum absolute atomic E-state index is 0.0114. The molecule has 0 saturated carbocycles. The zero-order chi connectivity index (χ0) is 15.9. The van der Waals surface area contributed by atoms with E-state index >= 15 is 0 Å². The van der Waals surface area contributed by atoms with Crippen molar-refractivity contribution in [1.82, 2.24) is 10.3 Å². The number of carboxylic acids is 1. The average Bonchev–Trinajstić information content (AvgIpc) is 2.86. The molecule has 0 aliphatic rings. The fourth-order valence-corrected chi connectivity index (χ4v) is 2.46. The van der Waals surface area contributed by atoms with Gasteiger partial charge in [-0.15, -0.1) is 0 Å². The van der Waals surface area contributed by atoms with Crippen molar-refractivity contribution in [3.05, 3.63) is 35.5 Å². The Hall–Kier alpha value is -2.30. The van der Waals surface area contributed by atoms with Crippen LogP contribution in [0, 0.1) is 6.92 Å². The monoisotopic (exact) mass is 302 g/mol. The molecule has 5 nitrogen and oxygen atoms in total. The summed E-state index contributed by atoms with van der Waals surface area (Å²) in [5.41, 5.74) is 3.45. The van der Waals surface area contributed by atoms with Crippen LogP contribution < -0.4 is 5.32 Å². The second kappa shape index (κ2) is 7.64. The van der Waals surface area contributed by atoms with Crippen LogP contribution in [0.2, 0.25) is 0 Å². The smallest absolute Gasteiger partial charge is 0.303 e. The van der Waals surface area contributed by atoms with Crippen LogP contribution in [0.15, 0.2) is 24.4 Å². The largest absolute Gasteiger partial charge is 0.481 e. The van der Waals surface area contributed by atoms with E-state index in [1.165, 1.54) is 10.9 Å². The number of unbranched alkanes of at least 4 members (excludes halogenated alkanes) is 1. The van der Waals surface area contributed by atoms with E-state index in [9.17, 15) is 9.59 Å². The van der Waals surface area contributed by atoms with Crippen LogP contribution in [-0.2, 0) is 16.0 Å². The van der Waals surface area contributed by atoms with E-state index in [2.05, 4.69) is 35.4 Å². The quantitative estimate of drug-likeness (QED) is 0.656. The van der Waals surface area contributed by atoms with Gasteiger partial charge in [0.25, 0.3) is 0 Å². The number of aryl methyl sites for hydroxylation is 2. The number of nitrogens with one attached hydrogen (secondary N) is 2. The standard InChI is InChI=1S/C17H22N2O3/c1-12-5-7-15-14(10-12)13(11-19-15)6-8-16(20)18-9-3-2-4-17(21)22/h5,7,10-11,19H,2-4,6,8-9H2,1H3,(H,18,20)(H,21,22). The normalized spacial score (nSPS) is 10.8. The Bertz CT molecular complexity index is 661. The van der Waals surface area contributed by atoms with Gasteiger partial charge in [-0.25, -0.2) is 0 Å². The third-order valence-electron chi connectivity index (χ3n) is 3.68. The summed E-state index contributed by atoms with van der Waals surface area (Å²) >= 11 is 0. The maximum absolute atomic E-state index is 11.8. The molecule has 22 heavy (non-hydrogen) atoms. The summed E-state index contributed by atoms with van der Waals surface area (Å²) in [5.74, 6) is -0.779. The third kappa shape index (κ3) is 4.62. The highest BCUT2D eigenvalue weighted by atomic mass is 16.4. The first-order valence-electron chi connectivity index (χ1n) is 7.61. The van der Waals surface area contributed by atoms with E-state index in [0.717, 1.165) is 11.1 Å². The SMILES string of the molecule is Cc1ccc2[nH]cc(CCC(=O)NCCCCC(=O)O)c2c1. The Balaban J connectivity index is 1.76. The van der Waals surface area contributed by atoms with Crippen LogP contribution >= 0.6 is 0 Å². The second-order valence-electron chi connectivity index (χ2n) is 5.56. The number of carboxylic acid groups (broad SMARTS) is 1. The molecule has 0 unspecified atom stereocenters. The fourth-order valence-electron chi connectivity index (χ4n) is 2.46. The molecule has 0 saturated heterocycles. The van der Waals surface area contributed by atoms with Gasteiger partial charge in [0.1, 0.15) is 0 Å². The molecule has 0 aliphatic heterocycles. The van der Waals surface area contributed by atoms with Gasteiger partial charge in [0.2, 0.25) is 5.91 Å². The molecular weight excluding hydrogens is 280 g/mol. The van der Waals surface area contributed by atoms with Crippen LogP contribution in [0.25, 0.3) is 10.9 Å². The predicted molar refractivity (Wildman–Crippen MR) is 85.9 cm³/mol. The van der Waals surface area contributed by atoms with E-state index in [1.807, 2.05) is 6.20 Å². The van der Waals surface area contributed by atoms with Crippen molar-refractivity contribution in [2.75, 3.05) is 6.54 Å². The lowest BCUT2D eigenvalue weighted by Crippen LogP contribution is -2.24. The number of benzene rings is 1. The molecule has 2 aromatic rings. The molecule has 0 spiro atoms. The van der Waals surface area contributed by atoms with Crippen molar-refractivity contribution in [2.24, 2.45) is 0 Å². The Morgan fingerprint density at radius 2 is 2.05 bits per heavy atom. The van der Waals surface area contributed by atoms with Crippen molar-refractivity contribution >= 4 is 22.8 Å². The third-order valence-corrected chi connectivity index (χ3v) is 3.68. The molecule has 2 rings (SSSR count). The molecule has 1 amide bonds. The Labute approximate surface area is 129 Å². The van der Waals surface area contributed by atoms with E-state index in [4.69, 9.17) is 5.11 Å². The molecule has 5 heteroatoms. The molecule has 118 valence electrons. The summed E-state index contributed by atoms with van der Waals surface area (Å²) in [5, 5.41) is 12.5. The van der Waals surface area contributed by atoms with Crippen LogP contribution in [0.4, 0.5) is 0 Å². The number of hydrogen-bond donors (Lipinski definition) is 3. The van der Waals surface area contributed by atoms with Gasteiger partial charge in [-0.05, 0) is 43.9 Å². The molecule has 1 heterocycles. The van der Waals surface area contributed by atoms with E-state index in [1.54, 1.807) is 0 Å². The van der Waals surface area contributed by atoms with Crippen molar-refractivity contribution in [3.63, 3.8) is 0 Å². The van der Waals surface area contributed by atoms with Gasteiger partial charge in [-0.2, -0.15) is 0 Å². The van der Waals surface area contributed by atoms with Crippen LogP contribution in [0.5, 0.6) is 0 Å². The molecular formula is C17H22N2O3. The summed E-state index contributed by atoms with van der Waals surface area (Å²) in [6, 6.07) is 6.24. The van der Waals surface area contributed by atoms with Crippen LogP contribution in [0.1, 0.15) is 36.8 Å². The van der Waals surface area contributed by atoms with Gasteiger partial charge < -0.3 is 15.4 Å². The lowest BCUT2D eigenvalue weighted by molar-refractivity contribution is -0.137. The minimum Gasteiger partial charge on any atom is -0.481 e. The zero-order valence-electron chi connectivity index (χ0n) is 12.8. The molecule has 0 atom stereocenters. The highest BCUT2D eigenvalue weighted by Gasteiger charge is 2.07. The van der Waals surface area contributed by atoms with E-state index in [-0.39, 0.29) is 12.3 Å². The number of aromatic nitrogens is 1. The lowest BCUT2D eigenvalue weighted by atomic mass is 10.1. The first-order chi connectivity index (χ1) is 10.6. The van der Waals surface area contributed by atoms with Gasteiger partial charge in [-0.1, -0.05) is 11.6 Å². The summed E-state index contributed by atoms with van der Waals surface area (Å²) in [6.45, 7) is 2.60. The van der Waals surface area contributed by atoms with Gasteiger partial charge in [0, 0.05) is 36.5 Å². The fraction of sp³-hybridized carbons (Fsp3) is 0.412. The topological polar surface area (TPSA) is 82.2 Å². The number of carbonyl (C=O) groups excluding carboxylic acids is 1. The van der Waals surface area contributed by atoms with Gasteiger partial charge in [-0.3, -0.25) is 9.59 Å². The zero-order valence-corrected chi connectivity index (χ0v) is 12.8. The Morgan fingerprint density at radius 1 is 1.23 bits per heavy atom. The minimum atomic E-state index is -0.791. The summed E-state index contributed by atoms with van der Waals surface area (Å²) in [7, 11) is 0. The Kier molecular flexibility index (Phi) is 5.58. The van der Waals surface area contributed by atoms with E-state index in [0.29, 0.717) is 32.2 Å². The number of H-pyrrole nitrogens is 1. The number of hydrogen-bond acceptors (Lipinski definition) is 2. The number of fused-ring (bicyclic) bond motifs is 1. The summed E-state index contributed by atoms with van der Waals surface area (Å²) < 4.78 is 0. The van der Waals surface area contributed by atoms with Crippen molar-refractivity contribution in [2.45, 2.75) is 39.0 Å². The summed E-state index contributed by atoms with van der Waals surface area (Å²) in [4.78, 5) is 25.4.